The molecule has 0 saturated carbocycles. The molecule has 140 valence electrons. The quantitative estimate of drug-likeness (QED) is 0.767. The van der Waals surface area contributed by atoms with Crippen molar-refractivity contribution >= 4 is 22.8 Å². The summed E-state index contributed by atoms with van der Waals surface area (Å²) in [5.41, 5.74) is 4.70. The Morgan fingerprint density at radius 3 is 2.77 bits per heavy atom. The third-order valence-corrected chi connectivity index (χ3v) is 5.42. The van der Waals surface area contributed by atoms with Gasteiger partial charge in [0.15, 0.2) is 5.65 Å². The van der Waals surface area contributed by atoms with Gasteiger partial charge in [-0.05, 0) is 50.3 Å². The normalized spacial score (nSPS) is 17.5. The van der Waals surface area contributed by atoms with Crippen molar-refractivity contribution < 1.29 is 4.74 Å². The zero-order valence-electron chi connectivity index (χ0n) is 15.8. The van der Waals surface area contributed by atoms with Crippen molar-refractivity contribution in [1.82, 2.24) is 19.9 Å². The van der Waals surface area contributed by atoms with Crippen LogP contribution in [0.25, 0.3) is 11.0 Å². The van der Waals surface area contributed by atoms with Crippen molar-refractivity contribution in [3.8, 4) is 0 Å². The molecule has 2 aliphatic rings. The molecule has 0 amide bonds. The number of rotatable bonds is 6. The second-order valence-electron chi connectivity index (χ2n) is 7.09. The van der Waals surface area contributed by atoms with E-state index in [1.807, 2.05) is 7.05 Å². The first kappa shape index (κ1) is 17.4. The SMILES string of the molecule is CNc1nc(NCCCN2CCOCC2)nc2nc3c(c(C)c12)CCC3. The molecule has 26 heavy (non-hydrogen) atoms. The molecule has 1 aliphatic heterocycles. The summed E-state index contributed by atoms with van der Waals surface area (Å²) in [6, 6.07) is 0. The second-order valence-corrected chi connectivity index (χ2v) is 7.09. The van der Waals surface area contributed by atoms with Gasteiger partial charge in [-0.15, -0.1) is 0 Å². The zero-order valence-corrected chi connectivity index (χ0v) is 15.8. The minimum atomic E-state index is 0.661. The maximum absolute atomic E-state index is 5.39. The third-order valence-electron chi connectivity index (χ3n) is 5.42. The van der Waals surface area contributed by atoms with Gasteiger partial charge >= 0.3 is 0 Å². The lowest BCUT2D eigenvalue weighted by atomic mass is 10.1. The van der Waals surface area contributed by atoms with Gasteiger partial charge in [-0.3, -0.25) is 4.90 Å². The number of nitrogens with zero attached hydrogens (tertiary/aromatic N) is 4. The van der Waals surface area contributed by atoms with Gasteiger partial charge < -0.3 is 15.4 Å². The summed E-state index contributed by atoms with van der Waals surface area (Å²) in [6.07, 6.45) is 4.43. The Labute approximate surface area is 154 Å². The van der Waals surface area contributed by atoms with E-state index in [0.717, 1.165) is 75.5 Å². The van der Waals surface area contributed by atoms with E-state index in [-0.39, 0.29) is 0 Å². The Bertz CT molecular complexity index is 787. The van der Waals surface area contributed by atoms with E-state index in [0.29, 0.717) is 5.95 Å². The molecule has 0 aromatic carbocycles. The van der Waals surface area contributed by atoms with Crippen LogP contribution in [0.2, 0.25) is 0 Å². The molecule has 3 heterocycles. The van der Waals surface area contributed by atoms with Crippen molar-refractivity contribution in [1.29, 1.82) is 0 Å². The van der Waals surface area contributed by atoms with Crippen LogP contribution in [-0.2, 0) is 17.6 Å². The summed E-state index contributed by atoms with van der Waals surface area (Å²) in [4.78, 5) is 16.7. The fourth-order valence-electron chi connectivity index (χ4n) is 4.00. The number of ether oxygens (including phenoxy) is 1. The van der Waals surface area contributed by atoms with Crippen molar-refractivity contribution in [3.63, 3.8) is 0 Å². The number of fused-ring (bicyclic) bond motifs is 2. The Hall–Kier alpha value is -1.99. The van der Waals surface area contributed by atoms with Crippen molar-refractivity contribution in [2.45, 2.75) is 32.6 Å². The standard InChI is InChI=1S/C19H28N6O/c1-13-14-5-3-6-15(14)22-18-16(13)17(20-2)23-19(24-18)21-7-4-8-25-9-11-26-12-10-25/h3-12H2,1-2H3,(H2,20,21,22,23,24). The molecule has 4 rings (SSSR count). The molecule has 7 nitrogen and oxygen atoms in total. The number of pyridine rings is 1. The number of nitrogens with one attached hydrogen (secondary N) is 2. The van der Waals surface area contributed by atoms with Crippen LogP contribution in [0.1, 0.15) is 29.7 Å². The van der Waals surface area contributed by atoms with E-state index in [1.54, 1.807) is 0 Å². The summed E-state index contributed by atoms with van der Waals surface area (Å²) >= 11 is 0. The molecule has 7 heteroatoms. The van der Waals surface area contributed by atoms with Crippen LogP contribution in [0.3, 0.4) is 0 Å². The summed E-state index contributed by atoms with van der Waals surface area (Å²) in [7, 11) is 1.91. The monoisotopic (exact) mass is 356 g/mol. The Balaban J connectivity index is 1.48. The Morgan fingerprint density at radius 1 is 1.12 bits per heavy atom. The molecular weight excluding hydrogens is 328 g/mol. The summed E-state index contributed by atoms with van der Waals surface area (Å²) in [5.74, 6) is 1.53. The summed E-state index contributed by atoms with van der Waals surface area (Å²) < 4.78 is 5.39. The molecule has 1 aliphatic carbocycles. The zero-order chi connectivity index (χ0) is 17.9. The lowest BCUT2D eigenvalue weighted by Crippen LogP contribution is -2.37. The van der Waals surface area contributed by atoms with Gasteiger partial charge in [0.05, 0.1) is 18.6 Å². The van der Waals surface area contributed by atoms with Gasteiger partial charge in [0, 0.05) is 32.4 Å². The first-order valence-corrected chi connectivity index (χ1v) is 9.68. The van der Waals surface area contributed by atoms with E-state index in [9.17, 15) is 0 Å². The van der Waals surface area contributed by atoms with Gasteiger partial charge in [0.2, 0.25) is 5.95 Å². The fourth-order valence-corrected chi connectivity index (χ4v) is 4.00. The predicted molar refractivity (Wildman–Crippen MR) is 104 cm³/mol. The number of anilines is 2. The van der Waals surface area contributed by atoms with Crippen molar-refractivity contribution in [2.75, 3.05) is 57.1 Å². The maximum atomic E-state index is 5.39. The molecule has 1 fully saturated rings. The molecule has 0 unspecified atom stereocenters. The van der Waals surface area contributed by atoms with E-state index >= 15 is 0 Å². The highest BCUT2D eigenvalue weighted by atomic mass is 16.5. The van der Waals surface area contributed by atoms with E-state index in [1.165, 1.54) is 23.2 Å². The van der Waals surface area contributed by atoms with E-state index in [4.69, 9.17) is 14.7 Å². The summed E-state index contributed by atoms with van der Waals surface area (Å²) in [6.45, 7) is 7.87. The van der Waals surface area contributed by atoms with Crippen LogP contribution >= 0.6 is 0 Å². The van der Waals surface area contributed by atoms with Crippen molar-refractivity contribution in [3.05, 3.63) is 16.8 Å². The first-order valence-electron chi connectivity index (χ1n) is 9.68. The molecule has 1 saturated heterocycles. The number of hydrogen-bond acceptors (Lipinski definition) is 7. The van der Waals surface area contributed by atoms with Crippen molar-refractivity contribution in [2.24, 2.45) is 0 Å². The lowest BCUT2D eigenvalue weighted by Gasteiger charge is -2.26. The Morgan fingerprint density at radius 2 is 1.96 bits per heavy atom. The van der Waals surface area contributed by atoms with Crippen LogP contribution in [0.4, 0.5) is 11.8 Å². The highest BCUT2D eigenvalue weighted by Crippen LogP contribution is 2.32. The van der Waals surface area contributed by atoms with Crippen LogP contribution in [-0.4, -0.2) is 66.3 Å². The molecule has 0 atom stereocenters. The van der Waals surface area contributed by atoms with Gasteiger partial charge in [-0.1, -0.05) is 0 Å². The highest BCUT2D eigenvalue weighted by molar-refractivity contribution is 5.91. The summed E-state index contributed by atoms with van der Waals surface area (Å²) in [5, 5.41) is 7.67. The van der Waals surface area contributed by atoms with Gasteiger partial charge in [-0.25, -0.2) is 4.98 Å². The molecular formula is C19H28N6O. The molecule has 0 bridgehead atoms. The van der Waals surface area contributed by atoms with Crippen LogP contribution in [0.15, 0.2) is 0 Å². The third kappa shape index (κ3) is 3.46. The lowest BCUT2D eigenvalue weighted by molar-refractivity contribution is 0.0378. The Kier molecular flexibility index (Phi) is 5.17. The number of morpholine rings is 1. The van der Waals surface area contributed by atoms with Crippen LogP contribution < -0.4 is 10.6 Å². The molecule has 2 aromatic heterocycles. The number of aromatic nitrogens is 3. The van der Waals surface area contributed by atoms with Gasteiger partial charge in [0.1, 0.15) is 5.82 Å². The van der Waals surface area contributed by atoms with E-state index in [2.05, 4.69) is 27.4 Å². The average molecular weight is 356 g/mol. The van der Waals surface area contributed by atoms with Gasteiger partial charge in [0.25, 0.3) is 0 Å². The number of aryl methyl sites for hydroxylation is 2. The second kappa shape index (κ2) is 7.72. The predicted octanol–water partition coefficient (Wildman–Crippen LogP) is 2.00. The smallest absolute Gasteiger partial charge is 0.226 e. The maximum Gasteiger partial charge on any atom is 0.226 e. The number of hydrogen-bond donors (Lipinski definition) is 2. The minimum absolute atomic E-state index is 0.661. The molecule has 2 aromatic rings. The highest BCUT2D eigenvalue weighted by Gasteiger charge is 2.20. The molecule has 0 spiro atoms. The van der Waals surface area contributed by atoms with Gasteiger partial charge in [-0.2, -0.15) is 9.97 Å². The average Bonchev–Trinajstić information content (AvgIpc) is 3.14. The molecule has 2 N–H and O–H groups in total. The van der Waals surface area contributed by atoms with Crippen LogP contribution in [0, 0.1) is 6.92 Å². The van der Waals surface area contributed by atoms with E-state index < -0.39 is 0 Å². The fraction of sp³-hybridized carbons (Fsp3) is 0.632. The van der Waals surface area contributed by atoms with Crippen LogP contribution in [0.5, 0.6) is 0 Å². The topological polar surface area (TPSA) is 75.2 Å². The molecule has 0 radical (unpaired) electrons. The first-order chi connectivity index (χ1) is 12.8. The minimum Gasteiger partial charge on any atom is -0.379 e. The largest absolute Gasteiger partial charge is 0.379 e.